The van der Waals surface area contributed by atoms with Gasteiger partial charge in [-0.1, -0.05) is 296 Å². The average Bonchev–Trinajstić information content (AvgIpc) is 3.87. The molecule has 0 saturated heterocycles. The number of hydrogen-bond donors (Lipinski definition) is 0. The minimum atomic E-state index is 0. The standard InChI is InChI=1S/C38H36N4.C17H22.C13H18.3C2H6.3C2H2.H2/c1-5-30(27-41-38(35-18-11-8-12-19-35)42-37(39-4)34-16-9-7-10-17-34)21-22-31-23-25-33(26-24-31)29(3)40-28-36-20-14-13-15-32(36)6-2;1-4-14-7-9-16(10-8-14)15-6-5-12-17(2,3)13-11-15;1-11(2)9-10-12(3)13-7-5-4-6-8-13;6*1-2;/h5-21,23-26,28-29H,1-2,4,22,27H2,3H3;6-11,13H,4-5,12H2,1-3H3;4-7,9-11H,8H2,1-3H3;3*1-2H3;3*1-2H;1H/b30-21+,40-28?,41-38?,42-37?;;10-9-,13-12+;;;;;;;. The first-order valence-corrected chi connectivity index (χ1v) is 29.5. The molecule has 0 aromatic heterocycles. The van der Waals surface area contributed by atoms with Crippen LogP contribution in [0.15, 0.2) is 250 Å². The minimum absolute atomic E-state index is 0. The molecule has 0 saturated carbocycles. The third kappa shape index (κ3) is 30.8. The molecular formula is C80H102N4. The maximum Gasteiger partial charge on any atom is 0.161 e. The molecule has 2 aliphatic rings. The fourth-order valence-corrected chi connectivity index (χ4v) is 7.77. The van der Waals surface area contributed by atoms with Crippen LogP contribution in [0.4, 0.5) is 0 Å². The van der Waals surface area contributed by atoms with Gasteiger partial charge in [-0.05, 0) is 120 Å². The third-order valence-corrected chi connectivity index (χ3v) is 12.5. The van der Waals surface area contributed by atoms with Crippen molar-refractivity contribution in [2.24, 2.45) is 31.3 Å². The molecule has 84 heavy (non-hydrogen) atoms. The topological polar surface area (TPSA) is 49.4 Å². The number of benzene rings is 5. The fourth-order valence-electron chi connectivity index (χ4n) is 7.77. The number of aryl methyl sites for hydroxylation is 1. The zero-order valence-electron chi connectivity index (χ0n) is 53.5. The summed E-state index contributed by atoms with van der Waals surface area (Å²) in [6.45, 7) is 39.6. The Kier molecular flexibility index (Phi) is 44.8. The van der Waals surface area contributed by atoms with Crippen LogP contribution in [0.3, 0.4) is 0 Å². The first kappa shape index (κ1) is 77.2. The summed E-state index contributed by atoms with van der Waals surface area (Å²) in [5.41, 5.74) is 14.6. The number of rotatable bonds is 15. The van der Waals surface area contributed by atoms with Crippen molar-refractivity contribution in [3.63, 3.8) is 0 Å². The molecule has 0 radical (unpaired) electrons. The lowest BCUT2D eigenvalue weighted by Crippen LogP contribution is -2.06. The summed E-state index contributed by atoms with van der Waals surface area (Å²) in [6.07, 6.45) is 57.2. The van der Waals surface area contributed by atoms with Gasteiger partial charge in [-0.15, -0.1) is 38.5 Å². The SMILES string of the molecule is C#C.C#C.C#C.C=C/C(=C\Cc1ccc(C(C)N=Cc2ccccc2C=C)cc1)CN=C(N=C(N=C)c1ccccc1)c1ccccc1.CC.CC.CC.CC(/C=C\C(C)C)=C1/C=CC=CC1.CCc1ccc(C2=CCCC(C)(C)C=C2)cc1.[HH]. The van der Waals surface area contributed by atoms with Crippen LogP contribution in [0, 0.1) is 49.9 Å². The molecule has 0 heterocycles. The first-order valence-electron chi connectivity index (χ1n) is 29.5. The van der Waals surface area contributed by atoms with E-state index in [4.69, 9.17) is 15.0 Å². The van der Waals surface area contributed by atoms with Crippen LogP contribution in [-0.4, -0.2) is 31.1 Å². The maximum absolute atomic E-state index is 4.87. The first-order chi connectivity index (χ1) is 40.9. The summed E-state index contributed by atoms with van der Waals surface area (Å²) in [7, 11) is 0. The summed E-state index contributed by atoms with van der Waals surface area (Å²) in [4.78, 5) is 18.6. The van der Waals surface area contributed by atoms with Gasteiger partial charge in [0.05, 0.1) is 12.6 Å². The molecule has 0 aliphatic heterocycles. The van der Waals surface area contributed by atoms with Gasteiger partial charge in [0, 0.05) is 18.8 Å². The second-order valence-corrected chi connectivity index (χ2v) is 19.1. The van der Waals surface area contributed by atoms with Crippen LogP contribution in [0.5, 0.6) is 0 Å². The largest absolute Gasteiger partial charge is 0.285 e. The van der Waals surface area contributed by atoms with Gasteiger partial charge < -0.3 is 0 Å². The molecule has 0 amide bonds. The summed E-state index contributed by atoms with van der Waals surface area (Å²) < 4.78 is 0. The predicted molar refractivity (Wildman–Crippen MR) is 383 cm³/mol. The Morgan fingerprint density at radius 2 is 1.23 bits per heavy atom. The quantitative estimate of drug-likeness (QED) is 0.0434. The van der Waals surface area contributed by atoms with Crippen LogP contribution < -0.4 is 0 Å². The molecule has 442 valence electrons. The van der Waals surface area contributed by atoms with Crippen LogP contribution in [-0.2, 0) is 12.8 Å². The predicted octanol–water partition coefficient (Wildman–Crippen LogP) is 21.9. The van der Waals surface area contributed by atoms with Crippen LogP contribution in [0.2, 0.25) is 0 Å². The van der Waals surface area contributed by atoms with Gasteiger partial charge in [-0.3, -0.25) is 9.98 Å². The Hall–Kier alpha value is -8.88. The summed E-state index contributed by atoms with van der Waals surface area (Å²) >= 11 is 0. The Balaban J connectivity index is -0.00000128. The van der Waals surface area contributed by atoms with Gasteiger partial charge in [-0.2, -0.15) is 0 Å². The van der Waals surface area contributed by atoms with E-state index in [-0.39, 0.29) is 7.47 Å². The Bertz CT molecular complexity index is 2980. The van der Waals surface area contributed by atoms with Crippen molar-refractivity contribution >= 4 is 36.3 Å². The van der Waals surface area contributed by atoms with E-state index in [1.54, 1.807) is 0 Å². The van der Waals surface area contributed by atoms with Crippen LogP contribution >= 0.6 is 0 Å². The van der Waals surface area contributed by atoms with E-state index >= 15 is 0 Å². The van der Waals surface area contributed by atoms with E-state index in [0.29, 0.717) is 29.5 Å². The van der Waals surface area contributed by atoms with Gasteiger partial charge in [-0.25, -0.2) is 9.98 Å². The fraction of sp³-hybridized carbons (Fsp3) is 0.275. The second kappa shape index (κ2) is 48.8. The van der Waals surface area contributed by atoms with E-state index in [1.165, 1.54) is 51.8 Å². The molecule has 7 rings (SSSR count). The molecule has 2 aliphatic carbocycles. The lowest BCUT2D eigenvalue weighted by molar-refractivity contribution is 0.445. The van der Waals surface area contributed by atoms with E-state index in [2.05, 4.69) is 227 Å². The Morgan fingerprint density at radius 3 is 1.74 bits per heavy atom. The second-order valence-electron chi connectivity index (χ2n) is 19.1. The lowest BCUT2D eigenvalue weighted by atomic mass is 9.88. The van der Waals surface area contributed by atoms with Gasteiger partial charge in [0.2, 0.25) is 0 Å². The van der Waals surface area contributed by atoms with Gasteiger partial charge in [0.1, 0.15) is 0 Å². The Morgan fingerprint density at radius 1 is 0.679 bits per heavy atom. The summed E-state index contributed by atoms with van der Waals surface area (Å²) in [5, 5.41) is 0. The van der Waals surface area contributed by atoms with Gasteiger partial charge >= 0.3 is 0 Å². The highest BCUT2D eigenvalue weighted by molar-refractivity contribution is 6.12. The zero-order chi connectivity index (χ0) is 63.6. The van der Waals surface area contributed by atoms with Crippen molar-refractivity contribution in [2.75, 3.05) is 6.54 Å². The van der Waals surface area contributed by atoms with Gasteiger partial charge in [0.15, 0.2) is 11.7 Å². The number of nitrogens with zero attached hydrogens (tertiary/aromatic N) is 4. The van der Waals surface area contributed by atoms with E-state index < -0.39 is 0 Å². The average molecular weight is 1120 g/mol. The molecule has 0 fully saturated rings. The van der Waals surface area contributed by atoms with Gasteiger partial charge in [0.25, 0.3) is 0 Å². The van der Waals surface area contributed by atoms with Crippen molar-refractivity contribution in [2.45, 2.75) is 128 Å². The molecule has 0 bridgehead atoms. The minimum Gasteiger partial charge on any atom is -0.285 e. The monoisotopic (exact) mass is 1120 g/mol. The van der Waals surface area contributed by atoms with E-state index in [1.807, 2.05) is 139 Å². The number of terminal acetylenes is 3. The zero-order valence-corrected chi connectivity index (χ0v) is 53.5. The highest BCUT2D eigenvalue weighted by atomic mass is 15.0. The van der Waals surface area contributed by atoms with Crippen molar-refractivity contribution in [3.05, 3.63) is 275 Å². The molecule has 5 aromatic carbocycles. The van der Waals surface area contributed by atoms with Crippen molar-refractivity contribution in [1.82, 2.24) is 0 Å². The van der Waals surface area contributed by atoms with Crippen LogP contribution in [0.25, 0.3) is 11.6 Å². The van der Waals surface area contributed by atoms with E-state index in [9.17, 15) is 0 Å². The van der Waals surface area contributed by atoms with Crippen LogP contribution in [0.1, 0.15) is 161 Å². The van der Waals surface area contributed by atoms with Crippen molar-refractivity contribution < 1.29 is 1.43 Å². The summed E-state index contributed by atoms with van der Waals surface area (Å²) in [6, 6.07) is 45.4. The highest BCUT2D eigenvalue weighted by Gasteiger charge is 2.16. The number of allylic oxidation sites excluding steroid dienone is 13. The van der Waals surface area contributed by atoms with Crippen molar-refractivity contribution in [1.29, 1.82) is 0 Å². The molecule has 0 spiro atoms. The molecule has 4 heteroatoms. The molecular weight excluding hydrogens is 1020 g/mol. The Labute approximate surface area is 514 Å². The molecule has 1 unspecified atom stereocenters. The highest BCUT2D eigenvalue weighted by Crippen LogP contribution is 2.31. The number of aliphatic imine (C=N–C) groups is 4. The lowest BCUT2D eigenvalue weighted by Gasteiger charge is -2.17. The number of hydrogen-bond acceptors (Lipinski definition) is 2. The van der Waals surface area contributed by atoms with E-state index in [0.717, 1.165) is 47.1 Å². The molecule has 1 atom stereocenters. The van der Waals surface area contributed by atoms with Crippen molar-refractivity contribution in [3.8, 4) is 38.5 Å². The summed E-state index contributed by atoms with van der Waals surface area (Å²) in [5.74, 6) is 1.77. The number of amidine groups is 2. The maximum atomic E-state index is 4.87. The molecule has 5 aromatic rings. The molecule has 0 N–H and O–H groups in total. The smallest absolute Gasteiger partial charge is 0.161 e. The third-order valence-electron chi connectivity index (χ3n) is 12.5. The molecule has 4 nitrogen and oxygen atoms in total. The normalized spacial score (nSPS) is 13.8.